The van der Waals surface area contributed by atoms with Gasteiger partial charge in [0.2, 0.25) is 5.91 Å². The maximum atomic E-state index is 12.2. The summed E-state index contributed by atoms with van der Waals surface area (Å²) in [6, 6.07) is 11.9. The van der Waals surface area contributed by atoms with E-state index >= 15 is 0 Å². The number of amides is 2. The van der Waals surface area contributed by atoms with Crippen LogP contribution >= 0.6 is 23.2 Å². The number of rotatable bonds is 5. The first-order valence-corrected chi connectivity index (χ1v) is 8.25. The van der Waals surface area contributed by atoms with E-state index in [2.05, 4.69) is 10.6 Å². The minimum Gasteiger partial charge on any atom is -0.354 e. The molecule has 2 N–H and O–H groups in total. The Balaban J connectivity index is 2.00. The maximum Gasteiger partial charge on any atom is 0.255 e. The second-order valence-electron chi connectivity index (χ2n) is 5.71. The van der Waals surface area contributed by atoms with Gasteiger partial charge in [-0.1, -0.05) is 35.3 Å². The number of carbonyl (C=O) groups excluding carboxylic acids is 2. The lowest BCUT2D eigenvalue weighted by Gasteiger charge is -2.09. The number of hydrogen-bond acceptors (Lipinski definition) is 2. The Morgan fingerprint density at radius 3 is 2.12 bits per heavy atom. The third kappa shape index (κ3) is 5.55. The summed E-state index contributed by atoms with van der Waals surface area (Å²) in [7, 11) is 0. The molecule has 2 aromatic rings. The predicted molar refractivity (Wildman–Crippen MR) is 97.8 cm³/mol. The van der Waals surface area contributed by atoms with Crippen LogP contribution in [-0.4, -0.2) is 17.9 Å². The van der Waals surface area contributed by atoms with Gasteiger partial charge < -0.3 is 10.6 Å². The Hall–Kier alpha value is -2.04. The molecule has 0 radical (unpaired) electrons. The van der Waals surface area contributed by atoms with Crippen molar-refractivity contribution in [3.63, 3.8) is 0 Å². The van der Waals surface area contributed by atoms with Gasteiger partial charge in [0.05, 0.1) is 6.42 Å². The number of anilines is 1. The zero-order valence-corrected chi connectivity index (χ0v) is 14.9. The summed E-state index contributed by atoms with van der Waals surface area (Å²) in [6.07, 6.45) is 0.302. The molecule has 2 amide bonds. The highest BCUT2D eigenvalue weighted by molar-refractivity contribution is 6.35. The third-order valence-corrected chi connectivity index (χ3v) is 3.59. The maximum absolute atomic E-state index is 12.2. The molecule has 4 nitrogen and oxygen atoms in total. The summed E-state index contributed by atoms with van der Waals surface area (Å²) in [5.41, 5.74) is 1.88. The molecule has 2 rings (SSSR count). The van der Waals surface area contributed by atoms with Gasteiger partial charge >= 0.3 is 0 Å². The highest BCUT2D eigenvalue weighted by atomic mass is 35.5. The molecule has 0 aliphatic carbocycles. The molecule has 6 heteroatoms. The fourth-order valence-electron chi connectivity index (χ4n) is 2.15. The summed E-state index contributed by atoms with van der Waals surface area (Å²) >= 11 is 11.8. The van der Waals surface area contributed by atoms with Crippen molar-refractivity contribution in [2.24, 2.45) is 0 Å². The van der Waals surface area contributed by atoms with Crippen molar-refractivity contribution in [2.75, 3.05) is 5.32 Å². The quantitative estimate of drug-likeness (QED) is 0.830. The van der Waals surface area contributed by atoms with Crippen LogP contribution in [0.4, 0.5) is 5.69 Å². The fourth-order valence-corrected chi connectivity index (χ4v) is 2.68. The fraction of sp³-hybridized carbons (Fsp3) is 0.222. The lowest BCUT2D eigenvalue weighted by Crippen LogP contribution is -2.31. The summed E-state index contributed by atoms with van der Waals surface area (Å²) in [5.74, 6) is -0.333. The van der Waals surface area contributed by atoms with Crippen LogP contribution in [0.2, 0.25) is 10.0 Å². The van der Waals surface area contributed by atoms with Crippen LogP contribution < -0.4 is 10.6 Å². The zero-order valence-electron chi connectivity index (χ0n) is 13.4. The molecule has 2 aromatic carbocycles. The van der Waals surface area contributed by atoms with Crippen molar-refractivity contribution >= 4 is 40.7 Å². The Morgan fingerprint density at radius 1 is 1.00 bits per heavy atom. The molecular weight excluding hydrogens is 347 g/mol. The van der Waals surface area contributed by atoms with E-state index in [0.29, 0.717) is 27.7 Å². The normalized spacial score (nSPS) is 10.5. The molecule has 0 aliphatic heterocycles. The van der Waals surface area contributed by atoms with Gasteiger partial charge in [-0.3, -0.25) is 9.59 Å². The minimum atomic E-state index is -0.301. The SMILES string of the molecule is CC(C)NC(=O)Cc1ccc(NC(=O)c2cc(Cl)cc(Cl)c2)cc1. The van der Waals surface area contributed by atoms with Gasteiger partial charge in [-0.25, -0.2) is 0 Å². The van der Waals surface area contributed by atoms with Crippen molar-refractivity contribution < 1.29 is 9.59 Å². The van der Waals surface area contributed by atoms with E-state index in [0.717, 1.165) is 5.56 Å². The van der Waals surface area contributed by atoms with Crippen molar-refractivity contribution in [1.82, 2.24) is 5.32 Å². The standard InChI is InChI=1S/C18H18Cl2N2O2/c1-11(2)21-17(23)7-12-3-5-16(6-4-12)22-18(24)13-8-14(19)10-15(20)9-13/h3-6,8-11H,7H2,1-2H3,(H,21,23)(H,22,24). The molecule has 0 bridgehead atoms. The summed E-state index contributed by atoms with van der Waals surface area (Å²) < 4.78 is 0. The lowest BCUT2D eigenvalue weighted by molar-refractivity contribution is -0.120. The summed E-state index contributed by atoms with van der Waals surface area (Å²) in [5, 5.41) is 6.41. The molecule has 0 unspecified atom stereocenters. The van der Waals surface area contributed by atoms with Gasteiger partial charge in [-0.05, 0) is 49.7 Å². The molecule has 0 saturated carbocycles. The first-order valence-electron chi connectivity index (χ1n) is 7.49. The first kappa shape index (κ1) is 18.3. The molecule has 0 aliphatic rings. The largest absolute Gasteiger partial charge is 0.354 e. The third-order valence-electron chi connectivity index (χ3n) is 3.15. The predicted octanol–water partition coefficient (Wildman–Crippen LogP) is 4.31. The summed E-state index contributed by atoms with van der Waals surface area (Å²) in [4.78, 5) is 23.9. The van der Waals surface area contributed by atoms with Crippen molar-refractivity contribution in [2.45, 2.75) is 26.3 Å². The molecule has 0 heterocycles. The van der Waals surface area contributed by atoms with Gasteiger partial charge in [0.1, 0.15) is 0 Å². The van der Waals surface area contributed by atoms with Gasteiger partial charge in [0.25, 0.3) is 5.91 Å². The molecule has 126 valence electrons. The van der Waals surface area contributed by atoms with E-state index < -0.39 is 0 Å². The molecule has 0 atom stereocenters. The molecule has 0 saturated heterocycles. The van der Waals surface area contributed by atoms with Crippen molar-refractivity contribution in [1.29, 1.82) is 0 Å². The van der Waals surface area contributed by atoms with Crippen LogP contribution in [0.25, 0.3) is 0 Å². The van der Waals surface area contributed by atoms with E-state index in [4.69, 9.17) is 23.2 Å². The molecule has 0 aromatic heterocycles. The number of benzene rings is 2. The van der Waals surface area contributed by atoms with E-state index in [-0.39, 0.29) is 17.9 Å². The summed E-state index contributed by atoms with van der Waals surface area (Å²) in [6.45, 7) is 3.83. The highest BCUT2D eigenvalue weighted by Gasteiger charge is 2.09. The zero-order chi connectivity index (χ0) is 17.7. The van der Waals surface area contributed by atoms with Crippen LogP contribution in [0, 0.1) is 0 Å². The molecule has 0 fully saturated rings. The van der Waals surface area contributed by atoms with Crippen molar-refractivity contribution in [3.8, 4) is 0 Å². The highest BCUT2D eigenvalue weighted by Crippen LogP contribution is 2.20. The Labute approximate surface area is 151 Å². The molecular formula is C18H18Cl2N2O2. The average Bonchev–Trinajstić information content (AvgIpc) is 2.47. The van der Waals surface area contributed by atoms with Gasteiger partial charge in [0, 0.05) is 27.3 Å². The Bertz CT molecular complexity index is 723. The lowest BCUT2D eigenvalue weighted by atomic mass is 10.1. The molecule has 24 heavy (non-hydrogen) atoms. The van der Waals surface area contributed by atoms with Gasteiger partial charge in [0.15, 0.2) is 0 Å². The van der Waals surface area contributed by atoms with E-state index in [1.54, 1.807) is 42.5 Å². The van der Waals surface area contributed by atoms with Crippen LogP contribution in [0.1, 0.15) is 29.8 Å². The van der Waals surface area contributed by atoms with Gasteiger partial charge in [-0.15, -0.1) is 0 Å². The van der Waals surface area contributed by atoms with Crippen molar-refractivity contribution in [3.05, 3.63) is 63.6 Å². The minimum absolute atomic E-state index is 0.0321. The monoisotopic (exact) mass is 364 g/mol. The number of halogens is 2. The Morgan fingerprint density at radius 2 is 1.58 bits per heavy atom. The van der Waals surface area contributed by atoms with Crippen LogP contribution in [0.15, 0.2) is 42.5 Å². The average molecular weight is 365 g/mol. The van der Waals surface area contributed by atoms with Crippen LogP contribution in [0.5, 0.6) is 0 Å². The smallest absolute Gasteiger partial charge is 0.255 e. The van der Waals surface area contributed by atoms with Crippen LogP contribution in [0.3, 0.4) is 0 Å². The first-order chi connectivity index (χ1) is 11.3. The second kappa shape index (κ2) is 8.18. The number of carbonyl (C=O) groups is 2. The number of hydrogen-bond donors (Lipinski definition) is 2. The topological polar surface area (TPSA) is 58.2 Å². The van der Waals surface area contributed by atoms with E-state index in [9.17, 15) is 9.59 Å². The van der Waals surface area contributed by atoms with Gasteiger partial charge in [-0.2, -0.15) is 0 Å². The number of nitrogens with one attached hydrogen (secondary N) is 2. The molecule has 0 spiro atoms. The van der Waals surface area contributed by atoms with Crippen LogP contribution in [-0.2, 0) is 11.2 Å². The Kier molecular flexibility index (Phi) is 6.23. The van der Waals surface area contributed by atoms with E-state index in [1.165, 1.54) is 0 Å². The second-order valence-corrected chi connectivity index (χ2v) is 6.58. The van der Waals surface area contributed by atoms with E-state index in [1.807, 2.05) is 13.8 Å².